The van der Waals surface area contributed by atoms with E-state index in [1.807, 2.05) is 72.8 Å². The molecule has 0 aromatic heterocycles. The predicted octanol–water partition coefficient (Wildman–Crippen LogP) is 9.47. The Morgan fingerprint density at radius 1 is 0.820 bits per heavy atom. The van der Waals surface area contributed by atoms with Crippen molar-refractivity contribution in [3.8, 4) is 11.1 Å². The van der Waals surface area contributed by atoms with Crippen molar-refractivity contribution in [3.05, 3.63) is 143 Å². The molecule has 1 fully saturated rings. The van der Waals surface area contributed by atoms with Crippen LogP contribution in [0.3, 0.4) is 0 Å². The van der Waals surface area contributed by atoms with Crippen LogP contribution in [0.15, 0.2) is 115 Å². The van der Waals surface area contributed by atoms with Crippen LogP contribution in [0.2, 0.25) is 0 Å². The van der Waals surface area contributed by atoms with Crippen LogP contribution in [-0.4, -0.2) is 39.4 Å². The number of amides is 1. The number of ether oxygens (including phenoxy) is 2. The van der Waals surface area contributed by atoms with Crippen LogP contribution >= 0.6 is 34.8 Å². The summed E-state index contributed by atoms with van der Waals surface area (Å²) in [6, 6.07) is 39.3. The number of alkyl halides is 3. The Morgan fingerprint density at radius 3 is 2.22 bits per heavy atom. The van der Waals surface area contributed by atoms with Crippen molar-refractivity contribution in [1.82, 2.24) is 10.2 Å². The standard InChI is InChI=1S/C41H41Cl3N2O4/c1-26-37(24-46(3)27(2)34-20-17-30-8-4-5-9-36(30)22-34)49-39(50-38(26)32-13-11-28(25-47)12-14-32)33-18-15-31(16-19-33)35-10-6-7-29(21-35)23-45-40(48)41(42,43)44/h4-22,26-27,37-39,47H,23-25H2,1-3H3,(H,45,48)/t26-,27-,37+,38+,39+/m1/s1. The van der Waals surface area contributed by atoms with Crippen molar-refractivity contribution in [2.45, 2.75) is 55.3 Å². The van der Waals surface area contributed by atoms with Crippen LogP contribution in [0.1, 0.15) is 60.1 Å². The van der Waals surface area contributed by atoms with Gasteiger partial charge in [-0.2, -0.15) is 0 Å². The first-order valence-corrected chi connectivity index (χ1v) is 17.9. The second-order valence-corrected chi connectivity index (χ2v) is 15.3. The summed E-state index contributed by atoms with van der Waals surface area (Å²) >= 11 is 17.1. The molecule has 6 nitrogen and oxygen atoms in total. The molecular weight excluding hydrogens is 691 g/mol. The maximum atomic E-state index is 12.0. The zero-order chi connectivity index (χ0) is 35.4. The molecule has 6 rings (SSSR count). The Morgan fingerprint density at radius 2 is 1.52 bits per heavy atom. The number of fused-ring (bicyclic) bond motifs is 1. The fraction of sp³-hybridized carbons (Fsp3) is 0.293. The highest BCUT2D eigenvalue weighted by Gasteiger charge is 2.39. The zero-order valence-electron chi connectivity index (χ0n) is 28.2. The summed E-state index contributed by atoms with van der Waals surface area (Å²) < 4.78 is 11.5. The SMILES string of the molecule is C[C@@H]1[C@H](CN(C)[C@H](C)c2ccc3ccccc3c2)O[C@H](c2ccc(-c3cccc(CNC(=O)C(Cl)(Cl)Cl)c3)cc2)O[C@@H]1c1ccc(CO)cc1. The number of carbonyl (C=O) groups excluding carboxylic acids is 1. The van der Waals surface area contributed by atoms with Crippen LogP contribution in [0.4, 0.5) is 0 Å². The van der Waals surface area contributed by atoms with E-state index in [-0.39, 0.29) is 37.3 Å². The summed E-state index contributed by atoms with van der Waals surface area (Å²) in [7, 11) is 2.15. The molecule has 260 valence electrons. The number of nitrogens with one attached hydrogen (secondary N) is 1. The number of carbonyl (C=O) groups is 1. The summed E-state index contributed by atoms with van der Waals surface area (Å²) in [6.07, 6.45) is -0.917. The molecule has 0 saturated carbocycles. The highest BCUT2D eigenvalue weighted by molar-refractivity contribution is 6.76. The van der Waals surface area contributed by atoms with Gasteiger partial charge in [-0.3, -0.25) is 9.69 Å². The molecule has 5 atom stereocenters. The van der Waals surface area contributed by atoms with Gasteiger partial charge < -0.3 is 19.9 Å². The van der Waals surface area contributed by atoms with Crippen LogP contribution in [-0.2, 0) is 27.4 Å². The topological polar surface area (TPSA) is 71.0 Å². The lowest BCUT2D eigenvalue weighted by atomic mass is 9.89. The summed E-state index contributed by atoms with van der Waals surface area (Å²) in [4.78, 5) is 14.4. The minimum atomic E-state index is -2.01. The predicted molar refractivity (Wildman–Crippen MR) is 202 cm³/mol. The molecule has 0 radical (unpaired) electrons. The molecule has 0 spiro atoms. The van der Waals surface area contributed by atoms with Gasteiger partial charge in [0, 0.05) is 30.6 Å². The van der Waals surface area contributed by atoms with Gasteiger partial charge in [-0.15, -0.1) is 0 Å². The molecule has 0 aliphatic carbocycles. The molecule has 1 aliphatic heterocycles. The maximum Gasteiger partial charge on any atom is 0.272 e. The molecule has 1 saturated heterocycles. The van der Waals surface area contributed by atoms with Crippen molar-refractivity contribution in [2.24, 2.45) is 5.92 Å². The summed E-state index contributed by atoms with van der Waals surface area (Å²) in [5.74, 6) is -0.615. The first-order chi connectivity index (χ1) is 24.0. The lowest BCUT2D eigenvalue weighted by Gasteiger charge is -2.43. The summed E-state index contributed by atoms with van der Waals surface area (Å²) in [5, 5.41) is 14.8. The molecular formula is C41H41Cl3N2O4. The average molecular weight is 732 g/mol. The van der Waals surface area contributed by atoms with E-state index in [0.29, 0.717) is 6.54 Å². The van der Waals surface area contributed by atoms with Crippen LogP contribution in [0, 0.1) is 5.92 Å². The Balaban J connectivity index is 1.22. The number of hydrogen-bond acceptors (Lipinski definition) is 5. The number of likely N-dealkylation sites (N-methyl/N-ethyl adjacent to an activating group) is 1. The fourth-order valence-corrected chi connectivity index (χ4v) is 6.67. The fourth-order valence-electron chi connectivity index (χ4n) is 6.47. The lowest BCUT2D eigenvalue weighted by Crippen LogP contribution is -2.44. The molecule has 0 bridgehead atoms. The van der Waals surface area contributed by atoms with Gasteiger partial charge in [0.25, 0.3) is 9.70 Å². The van der Waals surface area contributed by atoms with Crippen molar-refractivity contribution in [1.29, 1.82) is 0 Å². The number of rotatable bonds is 10. The molecule has 1 amide bonds. The first kappa shape index (κ1) is 36.3. The highest BCUT2D eigenvalue weighted by Crippen LogP contribution is 2.42. The van der Waals surface area contributed by atoms with Crippen molar-refractivity contribution >= 4 is 51.5 Å². The monoisotopic (exact) mass is 730 g/mol. The average Bonchev–Trinajstić information content (AvgIpc) is 3.14. The summed E-state index contributed by atoms with van der Waals surface area (Å²) in [6.45, 7) is 5.35. The number of benzene rings is 5. The highest BCUT2D eigenvalue weighted by atomic mass is 35.6. The number of nitrogens with zero attached hydrogens (tertiary/aromatic N) is 1. The maximum absolute atomic E-state index is 12.0. The number of hydrogen-bond donors (Lipinski definition) is 2. The van der Waals surface area contributed by atoms with Gasteiger partial charge in [0.2, 0.25) is 0 Å². The molecule has 50 heavy (non-hydrogen) atoms. The second-order valence-electron chi connectivity index (χ2n) is 13.0. The van der Waals surface area contributed by atoms with E-state index >= 15 is 0 Å². The van der Waals surface area contributed by atoms with E-state index < -0.39 is 16.0 Å². The molecule has 5 aromatic carbocycles. The molecule has 5 aromatic rings. The number of aliphatic hydroxyl groups excluding tert-OH is 1. The lowest BCUT2D eigenvalue weighted by molar-refractivity contribution is -0.276. The van der Waals surface area contributed by atoms with E-state index in [2.05, 4.69) is 73.6 Å². The third-order valence-corrected chi connectivity index (χ3v) is 10.2. The van der Waals surface area contributed by atoms with Crippen molar-refractivity contribution < 1.29 is 19.4 Å². The van der Waals surface area contributed by atoms with Gasteiger partial charge in [-0.1, -0.05) is 145 Å². The van der Waals surface area contributed by atoms with Gasteiger partial charge in [0.1, 0.15) is 0 Å². The largest absolute Gasteiger partial charge is 0.392 e. The normalized spacial score (nSPS) is 20.2. The first-order valence-electron chi connectivity index (χ1n) is 16.7. The van der Waals surface area contributed by atoms with E-state index in [9.17, 15) is 9.90 Å². The van der Waals surface area contributed by atoms with Crippen molar-refractivity contribution in [3.63, 3.8) is 0 Å². The zero-order valence-corrected chi connectivity index (χ0v) is 30.5. The van der Waals surface area contributed by atoms with Crippen LogP contribution in [0.5, 0.6) is 0 Å². The molecule has 9 heteroatoms. The van der Waals surface area contributed by atoms with E-state index in [1.54, 1.807) is 0 Å². The van der Waals surface area contributed by atoms with E-state index in [4.69, 9.17) is 44.3 Å². The van der Waals surface area contributed by atoms with Crippen LogP contribution in [0.25, 0.3) is 21.9 Å². The van der Waals surface area contributed by atoms with Gasteiger partial charge in [0.05, 0.1) is 18.8 Å². The van der Waals surface area contributed by atoms with Gasteiger partial charge in [-0.25, -0.2) is 0 Å². The molecule has 1 heterocycles. The minimum Gasteiger partial charge on any atom is -0.392 e. The number of aliphatic hydroxyl groups is 1. The Labute approximate surface area is 308 Å². The minimum absolute atomic E-state index is 0.00791. The van der Waals surface area contributed by atoms with Gasteiger partial charge in [0.15, 0.2) is 6.29 Å². The van der Waals surface area contributed by atoms with Crippen molar-refractivity contribution in [2.75, 3.05) is 13.6 Å². The molecule has 2 N–H and O–H groups in total. The van der Waals surface area contributed by atoms with E-state index in [0.717, 1.165) is 33.4 Å². The smallest absolute Gasteiger partial charge is 0.272 e. The number of halogens is 3. The Kier molecular flexibility index (Phi) is 11.5. The van der Waals surface area contributed by atoms with Gasteiger partial charge in [-0.05, 0) is 70.3 Å². The molecule has 0 unspecified atom stereocenters. The Bertz CT molecular complexity index is 1910. The van der Waals surface area contributed by atoms with Crippen LogP contribution < -0.4 is 5.32 Å². The Hall–Kier alpha value is -3.46. The second kappa shape index (κ2) is 15.8. The molecule has 1 aliphatic rings. The third-order valence-electron chi connectivity index (χ3n) is 9.66. The quantitative estimate of drug-likeness (QED) is 0.140. The third kappa shape index (κ3) is 8.52. The van der Waals surface area contributed by atoms with E-state index in [1.165, 1.54) is 16.3 Å². The summed E-state index contributed by atoms with van der Waals surface area (Å²) in [5.41, 5.74) is 6.95. The van der Waals surface area contributed by atoms with Gasteiger partial charge >= 0.3 is 0 Å².